The minimum atomic E-state index is 0.363. The van der Waals surface area contributed by atoms with Crippen LogP contribution in [0.25, 0.3) is 0 Å². The molecule has 0 spiro atoms. The molecule has 0 radical (unpaired) electrons. The minimum absolute atomic E-state index is 0.363. The molecule has 0 saturated carbocycles. The van der Waals surface area contributed by atoms with Crippen LogP contribution in [0.1, 0.15) is 43.2 Å². The number of nitrogens with two attached hydrogens (primary N) is 1. The van der Waals surface area contributed by atoms with E-state index >= 15 is 0 Å². The number of methoxy groups -OCH3 is 1. The van der Waals surface area contributed by atoms with Gasteiger partial charge < -0.3 is 15.2 Å². The number of ether oxygens (including phenoxy) is 2. The van der Waals surface area contributed by atoms with E-state index in [0.717, 1.165) is 25.4 Å². The van der Waals surface area contributed by atoms with Gasteiger partial charge in [0.05, 0.1) is 20.3 Å². The molecule has 1 aliphatic rings. The van der Waals surface area contributed by atoms with Crippen molar-refractivity contribution < 1.29 is 9.47 Å². The summed E-state index contributed by atoms with van der Waals surface area (Å²) in [5.74, 6) is 2.50. The SMILES string of the molecule is COc1ccc(C(C)C)cc1C(CN)CC1COC1. The standard InChI is InChI=1S/C16H25NO2/c1-11(2)13-4-5-16(18-3)15(7-13)14(8-17)6-12-9-19-10-12/h4-5,7,11-12,14H,6,8-10,17H2,1-3H3. The summed E-state index contributed by atoms with van der Waals surface area (Å²) in [7, 11) is 1.73. The summed E-state index contributed by atoms with van der Waals surface area (Å²) in [6.45, 7) is 6.84. The largest absolute Gasteiger partial charge is 0.496 e. The van der Waals surface area contributed by atoms with Crippen molar-refractivity contribution in [3.63, 3.8) is 0 Å². The lowest BCUT2D eigenvalue weighted by atomic mass is 9.85. The van der Waals surface area contributed by atoms with E-state index in [2.05, 4.69) is 32.0 Å². The smallest absolute Gasteiger partial charge is 0.122 e. The van der Waals surface area contributed by atoms with Crippen molar-refractivity contribution in [1.82, 2.24) is 0 Å². The molecule has 1 fully saturated rings. The molecule has 0 amide bonds. The highest BCUT2D eigenvalue weighted by atomic mass is 16.5. The Balaban J connectivity index is 2.24. The lowest BCUT2D eigenvalue weighted by Crippen LogP contribution is -2.30. The fourth-order valence-electron chi connectivity index (χ4n) is 2.60. The number of benzene rings is 1. The van der Waals surface area contributed by atoms with E-state index < -0.39 is 0 Å². The van der Waals surface area contributed by atoms with Crippen LogP contribution in [-0.4, -0.2) is 26.9 Å². The third-order valence-electron chi connectivity index (χ3n) is 3.97. The topological polar surface area (TPSA) is 44.5 Å². The van der Waals surface area contributed by atoms with Crippen molar-refractivity contribution in [2.24, 2.45) is 11.7 Å². The third-order valence-corrected chi connectivity index (χ3v) is 3.97. The molecule has 0 aromatic heterocycles. The molecule has 1 aromatic rings. The van der Waals surface area contributed by atoms with Gasteiger partial charge in [0.1, 0.15) is 5.75 Å². The summed E-state index contributed by atoms with van der Waals surface area (Å²) in [4.78, 5) is 0. The van der Waals surface area contributed by atoms with Crippen molar-refractivity contribution in [3.8, 4) is 5.75 Å². The van der Waals surface area contributed by atoms with Gasteiger partial charge in [0.2, 0.25) is 0 Å². The Morgan fingerprint density at radius 3 is 2.58 bits per heavy atom. The van der Waals surface area contributed by atoms with Gasteiger partial charge in [0.25, 0.3) is 0 Å². The quantitative estimate of drug-likeness (QED) is 0.858. The number of hydrogen-bond acceptors (Lipinski definition) is 3. The maximum Gasteiger partial charge on any atom is 0.122 e. The fraction of sp³-hybridized carbons (Fsp3) is 0.625. The molecule has 3 heteroatoms. The first kappa shape index (κ1) is 14.4. The highest BCUT2D eigenvalue weighted by molar-refractivity contribution is 5.41. The van der Waals surface area contributed by atoms with Gasteiger partial charge in [-0.25, -0.2) is 0 Å². The highest BCUT2D eigenvalue weighted by Gasteiger charge is 2.25. The van der Waals surface area contributed by atoms with Gasteiger partial charge in [-0.2, -0.15) is 0 Å². The van der Waals surface area contributed by atoms with Crippen LogP contribution < -0.4 is 10.5 Å². The first-order valence-electron chi connectivity index (χ1n) is 7.11. The summed E-state index contributed by atoms with van der Waals surface area (Å²) < 4.78 is 10.8. The molecule has 19 heavy (non-hydrogen) atoms. The first-order valence-corrected chi connectivity index (χ1v) is 7.11. The second kappa shape index (κ2) is 6.40. The molecule has 1 aliphatic heterocycles. The van der Waals surface area contributed by atoms with Gasteiger partial charge in [-0.05, 0) is 36.1 Å². The van der Waals surface area contributed by atoms with E-state index in [1.807, 2.05) is 0 Å². The predicted molar refractivity (Wildman–Crippen MR) is 77.8 cm³/mol. The van der Waals surface area contributed by atoms with Crippen molar-refractivity contribution >= 4 is 0 Å². The van der Waals surface area contributed by atoms with Crippen molar-refractivity contribution in [3.05, 3.63) is 29.3 Å². The summed E-state index contributed by atoms with van der Waals surface area (Å²) >= 11 is 0. The molecule has 1 atom stereocenters. The van der Waals surface area contributed by atoms with E-state index in [1.165, 1.54) is 11.1 Å². The Bertz CT molecular complexity index is 413. The molecule has 1 saturated heterocycles. The molecule has 1 heterocycles. The van der Waals surface area contributed by atoms with E-state index in [-0.39, 0.29) is 0 Å². The minimum Gasteiger partial charge on any atom is -0.496 e. The Morgan fingerprint density at radius 2 is 2.11 bits per heavy atom. The highest BCUT2D eigenvalue weighted by Crippen LogP contribution is 2.34. The van der Waals surface area contributed by atoms with Gasteiger partial charge >= 0.3 is 0 Å². The van der Waals surface area contributed by atoms with Crippen LogP contribution in [-0.2, 0) is 4.74 Å². The average Bonchev–Trinajstić information content (AvgIpc) is 2.37. The first-order chi connectivity index (χ1) is 9.15. The second-order valence-electron chi connectivity index (χ2n) is 5.73. The van der Waals surface area contributed by atoms with Crippen LogP contribution in [0.2, 0.25) is 0 Å². The Kier molecular flexibility index (Phi) is 4.83. The third kappa shape index (κ3) is 3.28. The van der Waals surface area contributed by atoms with Crippen molar-refractivity contribution in [2.45, 2.75) is 32.1 Å². The Morgan fingerprint density at radius 1 is 1.37 bits per heavy atom. The van der Waals surface area contributed by atoms with Gasteiger partial charge in [-0.1, -0.05) is 26.0 Å². The Labute approximate surface area is 116 Å². The fourth-order valence-corrected chi connectivity index (χ4v) is 2.60. The van der Waals surface area contributed by atoms with Crippen LogP contribution in [0.5, 0.6) is 5.75 Å². The van der Waals surface area contributed by atoms with Crippen LogP contribution in [0.15, 0.2) is 18.2 Å². The monoisotopic (exact) mass is 263 g/mol. The van der Waals surface area contributed by atoms with E-state index in [9.17, 15) is 0 Å². The van der Waals surface area contributed by atoms with E-state index in [1.54, 1.807) is 7.11 Å². The van der Waals surface area contributed by atoms with Crippen molar-refractivity contribution in [2.75, 3.05) is 26.9 Å². The molecule has 3 nitrogen and oxygen atoms in total. The zero-order valence-corrected chi connectivity index (χ0v) is 12.2. The molecule has 1 unspecified atom stereocenters. The van der Waals surface area contributed by atoms with Gasteiger partial charge in [-0.3, -0.25) is 0 Å². The summed E-state index contributed by atoms with van der Waals surface area (Å²) in [6.07, 6.45) is 1.09. The predicted octanol–water partition coefficient (Wildman–Crippen LogP) is 2.90. The lowest BCUT2D eigenvalue weighted by Gasteiger charge is -2.30. The molecule has 106 valence electrons. The van der Waals surface area contributed by atoms with Crippen LogP contribution in [0, 0.1) is 5.92 Å². The molecule has 2 rings (SSSR count). The maximum atomic E-state index is 5.99. The van der Waals surface area contributed by atoms with Gasteiger partial charge in [0.15, 0.2) is 0 Å². The lowest BCUT2D eigenvalue weighted by molar-refractivity contribution is -0.0382. The Hall–Kier alpha value is -1.06. The number of hydrogen-bond donors (Lipinski definition) is 1. The summed E-state index contributed by atoms with van der Waals surface area (Å²) in [5.41, 5.74) is 8.58. The van der Waals surface area contributed by atoms with E-state index in [0.29, 0.717) is 24.3 Å². The molecular formula is C16H25NO2. The van der Waals surface area contributed by atoms with Crippen molar-refractivity contribution in [1.29, 1.82) is 0 Å². The number of rotatable bonds is 6. The van der Waals surface area contributed by atoms with Gasteiger partial charge in [-0.15, -0.1) is 0 Å². The van der Waals surface area contributed by atoms with E-state index in [4.69, 9.17) is 15.2 Å². The zero-order chi connectivity index (χ0) is 13.8. The second-order valence-corrected chi connectivity index (χ2v) is 5.73. The van der Waals surface area contributed by atoms with Crippen LogP contribution in [0.3, 0.4) is 0 Å². The molecule has 0 bridgehead atoms. The van der Waals surface area contributed by atoms with Gasteiger partial charge in [0, 0.05) is 11.8 Å². The maximum absolute atomic E-state index is 5.99. The van der Waals surface area contributed by atoms with Crippen LogP contribution in [0.4, 0.5) is 0 Å². The van der Waals surface area contributed by atoms with Crippen LogP contribution >= 0.6 is 0 Å². The zero-order valence-electron chi connectivity index (χ0n) is 12.2. The summed E-state index contributed by atoms with van der Waals surface area (Å²) in [5, 5.41) is 0. The normalized spacial score (nSPS) is 17.3. The summed E-state index contributed by atoms with van der Waals surface area (Å²) in [6, 6.07) is 6.48. The molecule has 2 N–H and O–H groups in total. The average molecular weight is 263 g/mol. The molecule has 1 aromatic carbocycles. The molecule has 0 aliphatic carbocycles. The molecular weight excluding hydrogens is 238 g/mol.